The summed E-state index contributed by atoms with van der Waals surface area (Å²) < 4.78 is 86.5. The lowest BCUT2D eigenvalue weighted by Crippen LogP contribution is -2.50. The molecule has 2 fully saturated rings. The van der Waals surface area contributed by atoms with Crippen molar-refractivity contribution in [2.24, 2.45) is 0 Å². The summed E-state index contributed by atoms with van der Waals surface area (Å²) in [6, 6.07) is 1.07. The van der Waals surface area contributed by atoms with Crippen LogP contribution in [-0.4, -0.2) is 81.1 Å². The lowest BCUT2D eigenvalue weighted by Gasteiger charge is -2.33. The fraction of sp³-hybridized carbons (Fsp3) is 0.727. The standard InChI is InChI=1S/C22H30F3N3O7S/c1-13-11-16(27-36(2,30)31)17-12-34-15-5-3-14(4-6-15)20-18(35-22(23,24)25)7-8-19(26-20)32-9-10-33-21(29)28(13)17/h7-8,13-17,27H,3-6,9-12H2,1-2H3/t13-,14?,15?,16+,17+/m1/s1. The number of carbonyl (C=O) groups excluding carboxylic acids is 1. The summed E-state index contributed by atoms with van der Waals surface area (Å²) in [5.41, 5.74) is 0.167. The molecule has 0 unspecified atom stereocenters. The maximum Gasteiger partial charge on any atom is 0.573 e. The SMILES string of the molecule is C[C@@H]1C[C@H](NS(C)(=O)=O)[C@@H]2COC3CCC(CC3)c3nc(ccc3OC(F)(F)F)OCCOC(=O)N12. The molecule has 14 heteroatoms. The lowest BCUT2D eigenvalue weighted by molar-refractivity contribution is -0.275. The van der Waals surface area contributed by atoms with Gasteiger partial charge in [0.05, 0.1) is 30.7 Å². The van der Waals surface area contributed by atoms with Crippen LogP contribution in [0.25, 0.3) is 0 Å². The number of halogens is 3. The van der Waals surface area contributed by atoms with Crippen LogP contribution in [0.3, 0.4) is 0 Å². The molecule has 202 valence electrons. The van der Waals surface area contributed by atoms with Gasteiger partial charge in [-0.25, -0.2) is 22.9 Å². The van der Waals surface area contributed by atoms with Crippen molar-refractivity contribution in [1.82, 2.24) is 14.6 Å². The van der Waals surface area contributed by atoms with Gasteiger partial charge in [0.1, 0.15) is 13.2 Å². The molecule has 5 rings (SSSR count). The molecule has 1 saturated carbocycles. The first-order valence-corrected chi connectivity index (χ1v) is 13.7. The highest BCUT2D eigenvalue weighted by molar-refractivity contribution is 7.88. The number of nitrogens with one attached hydrogen (secondary N) is 1. The fourth-order valence-electron chi connectivity index (χ4n) is 5.19. The van der Waals surface area contributed by atoms with Crippen LogP contribution in [0, 0.1) is 0 Å². The van der Waals surface area contributed by atoms with Gasteiger partial charge in [-0.1, -0.05) is 0 Å². The van der Waals surface area contributed by atoms with Crippen LogP contribution < -0.4 is 14.2 Å². The van der Waals surface area contributed by atoms with E-state index in [0.717, 1.165) is 6.26 Å². The van der Waals surface area contributed by atoms with Gasteiger partial charge in [0, 0.05) is 24.1 Å². The normalized spacial score (nSPS) is 29.9. The zero-order valence-electron chi connectivity index (χ0n) is 20.0. The van der Waals surface area contributed by atoms with Crippen LogP contribution in [0.2, 0.25) is 0 Å². The molecule has 1 saturated heterocycles. The minimum Gasteiger partial charge on any atom is -0.474 e. The lowest BCUT2D eigenvalue weighted by atomic mass is 9.84. The number of nitrogens with zero attached hydrogens (tertiary/aromatic N) is 2. The summed E-state index contributed by atoms with van der Waals surface area (Å²) in [5, 5.41) is 0. The van der Waals surface area contributed by atoms with Gasteiger partial charge in [0.25, 0.3) is 0 Å². The summed E-state index contributed by atoms with van der Waals surface area (Å²) in [4.78, 5) is 18.7. The van der Waals surface area contributed by atoms with E-state index in [1.54, 1.807) is 0 Å². The van der Waals surface area contributed by atoms with Crippen LogP contribution in [0.4, 0.5) is 18.0 Å². The topological polar surface area (TPSA) is 116 Å². The van der Waals surface area contributed by atoms with Gasteiger partial charge in [0.2, 0.25) is 15.9 Å². The van der Waals surface area contributed by atoms with Crippen LogP contribution in [-0.2, 0) is 19.5 Å². The second kappa shape index (κ2) is 10.6. The third kappa shape index (κ3) is 6.71. The van der Waals surface area contributed by atoms with Gasteiger partial charge in [-0.15, -0.1) is 13.2 Å². The van der Waals surface area contributed by atoms with Gasteiger partial charge >= 0.3 is 12.5 Å². The zero-order chi connectivity index (χ0) is 26.1. The highest BCUT2D eigenvalue weighted by atomic mass is 32.2. The van der Waals surface area contributed by atoms with Crippen molar-refractivity contribution in [2.45, 2.75) is 75.5 Å². The molecule has 4 aliphatic rings. The van der Waals surface area contributed by atoms with Crippen LogP contribution in [0.1, 0.15) is 50.6 Å². The van der Waals surface area contributed by atoms with Crippen LogP contribution in [0.5, 0.6) is 11.6 Å². The number of rotatable bonds is 3. The molecular weight excluding hydrogens is 507 g/mol. The predicted octanol–water partition coefficient (Wildman–Crippen LogP) is 2.93. The van der Waals surface area contributed by atoms with Crippen LogP contribution >= 0.6 is 0 Å². The van der Waals surface area contributed by atoms with E-state index in [2.05, 4.69) is 14.4 Å². The molecule has 1 aromatic rings. The summed E-state index contributed by atoms with van der Waals surface area (Å²) in [6.45, 7) is 1.70. The van der Waals surface area contributed by atoms with Crippen molar-refractivity contribution in [2.75, 3.05) is 26.1 Å². The minimum atomic E-state index is -4.86. The van der Waals surface area contributed by atoms with E-state index in [-0.39, 0.29) is 55.2 Å². The summed E-state index contributed by atoms with van der Waals surface area (Å²) in [6.07, 6.45) is -2.07. The van der Waals surface area contributed by atoms with Crippen molar-refractivity contribution < 1.29 is 45.3 Å². The number of pyridine rings is 1. The van der Waals surface area contributed by atoms with Crippen molar-refractivity contribution in [3.63, 3.8) is 0 Å². The number of amides is 1. The second-order valence-corrected chi connectivity index (χ2v) is 11.2. The maximum absolute atomic E-state index is 13.0. The molecule has 4 bridgehead atoms. The summed E-state index contributed by atoms with van der Waals surface area (Å²) >= 11 is 0. The Morgan fingerprint density at radius 1 is 1.14 bits per heavy atom. The predicted molar refractivity (Wildman–Crippen MR) is 120 cm³/mol. The number of fused-ring (bicyclic) bond motifs is 7. The van der Waals surface area contributed by atoms with Crippen molar-refractivity contribution in [3.8, 4) is 11.6 Å². The Bertz CT molecular complexity index is 1050. The largest absolute Gasteiger partial charge is 0.573 e. The molecule has 36 heavy (non-hydrogen) atoms. The smallest absolute Gasteiger partial charge is 0.474 e. The number of sulfonamides is 1. The van der Waals surface area contributed by atoms with E-state index in [1.807, 2.05) is 6.92 Å². The first-order valence-electron chi connectivity index (χ1n) is 11.8. The number of hydrogen-bond donors (Lipinski definition) is 1. The molecule has 0 aromatic carbocycles. The zero-order valence-corrected chi connectivity index (χ0v) is 20.8. The van der Waals surface area contributed by atoms with Crippen LogP contribution in [0.15, 0.2) is 12.1 Å². The maximum atomic E-state index is 13.0. The van der Waals surface area contributed by atoms with E-state index in [1.165, 1.54) is 17.0 Å². The highest BCUT2D eigenvalue weighted by Gasteiger charge is 2.44. The van der Waals surface area contributed by atoms with E-state index >= 15 is 0 Å². The Balaban J connectivity index is 1.56. The first-order chi connectivity index (χ1) is 16.9. The number of alkyl halides is 3. The Hall–Kier alpha value is -2.32. The molecular formula is C22H30F3N3O7S. The third-order valence-corrected chi connectivity index (χ3v) is 7.41. The average Bonchev–Trinajstić information content (AvgIpc) is 3.07. The molecule has 1 amide bonds. The van der Waals surface area contributed by atoms with Gasteiger partial charge in [-0.3, -0.25) is 4.90 Å². The monoisotopic (exact) mass is 537 g/mol. The summed E-state index contributed by atoms with van der Waals surface area (Å²) in [5.74, 6) is -0.540. The van der Waals surface area contributed by atoms with E-state index in [0.29, 0.717) is 32.1 Å². The van der Waals surface area contributed by atoms with Crippen molar-refractivity contribution in [1.29, 1.82) is 0 Å². The molecule has 0 spiro atoms. The van der Waals surface area contributed by atoms with Crippen molar-refractivity contribution in [3.05, 3.63) is 17.8 Å². The molecule has 1 aliphatic carbocycles. The quantitative estimate of drug-likeness (QED) is 0.626. The van der Waals surface area contributed by atoms with Gasteiger partial charge in [0.15, 0.2) is 5.75 Å². The summed E-state index contributed by atoms with van der Waals surface area (Å²) in [7, 11) is -3.53. The highest BCUT2D eigenvalue weighted by Crippen LogP contribution is 2.40. The van der Waals surface area contributed by atoms with E-state index in [9.17, 15) is 26.4 Å². The Kier molecular flexibility index (Phi) is 7.86. The molecule has 3 atom stereocenters. The first kappa shape index (κ1) is 26.7. The third-order valence-electron chi connectivity index (χ3n) is 6.68. The van der Waals surface area contributed by atoms with Gasteiger partial charge in [-0.05, 0) is 45.1 Å². The Labute approximate surface area is 207 Å². The Morgan fingerprint density at radius 2 is 1.83 bits per heavy atom. The molecule has 0 radical (unpaired) electrons. The fourth-order valence-corrected chi connectivity index (χ4v) is 5.99. The molecule has 3 aliphatic heterocycles. The second-order valence-electron chi connectivity index (χ2n) is 9.41. The number of carbonyl (C=O) groups is 1. The van der Waals surface area contributed by atoms with Crippen molar-refractivity contribution >= 4 is 16.1 Å². The number of hydrogen-bond acceptors (Lipinski definition) is 8. The van der Waals surface area contributed by atoms with Gasteiger partial charge < -0.3 is 18.9 Å². The molecule has 4 heterocycles. The van der Waals surface area contributed by atoms with E-state index < -0.39 is 34.6 Å². The molecule has 1 N–H and O–H groups in total. The number of ether oxygens (including phenoxy) is 4. The minimum absolute atomic E-state index is 0.0706. The Morgan fingerprint density at radius 3 is 2.50 bits per heavy atom. The average molecular weight is 538 g/mol. The van der Waals surface area contributed by atoms with E-state index in [4.69, 9.17) is 14.2 Å². The molecule has 10 nitrogen and oxygen atoms in total. The van der Waals surface area contributed by atoms with Gasteiger partial charge in [-0.2, -0.15) is 0 Å². The molecule has 1 aromatic heterocycles. The number of aromatic nitrogens is 1.